The van der Waals surface area contributed by atoms with Crippen LogP contribution in [-0.2, 0) is 10.8 Å². The number of hydrogen-bond acceptors (Lipinski definition) is 2. The van der Waals surface area contributed by atoms with Crippen LogP contribution < -0.4 is 0 Å². The maximum absolute atomic E-state index is 11.8. The zero-order valence-corrected chi connectivity index (χ0v) is 8.64. The molecule has 4 heteroatoms. The van der Waals surface area contributed by atoms with E-state index < -0.39 is 10.8 Å². The summed E-state index contributed by atoms with van der Waals surface area (Å²) in [5, 5.41) is 0.803. The molecule has 1 aromatic heterocycles. The Hall–Kier alpha value is -0.410. The van der Waals surface area contributed by atoms with Gasteiger partial charge in [0.05, 0.1) is 15.7 Å². The van der Waals surface area contributed by atoms with Crippen LogP contribution in [0.5, 0.6) is 0 Å². The molecule has 0 N–H and O–H groups in total. The standard InChI is InChI=1S/C9H10ClNOS/c10-9-5-4-8(6-11-9)13(12)7-2-1-3-7/h4-7H,1-3H2. The van der Waals surface area contributed by atoms with Gasteiger partial charge in [0.25, 0.3) is 0 Å². The molecule has 1 aliphatic carbocycles. The van der Waals surface area contributed by atoms with E-state index in [1.165, 1.54) is 6.42 Å². The lowest BCUT2D eigenvalue weighted by Gasteiger charge is -2.24. The summed E-state index contributed by atoms with van der Waals surface area (Å²) in [7, 11) is -0.871. The molecule has 1 aromatic rings. The van der Waals surface area contributed by atoms with E-state index in [2.05, 4.69) is 4.98 Å². The van der Waals surface area contributed by atoms with E-state index in [-0.39, 0.29) is 0 Å². The van der Waals surface area contributed by atoms with Crippen molar-refractivity contribution in [1.82, 2.24) is 4.98 Å². The van der Waals surface area contributed by atoms with Gasteiger partial charge in [-0.05, 0) is 25.0 Å². The van der Waals surface area contributed by atoms with Crippen LogP contribution >= 0.6 is 11.6 Å². The lowest BCUT2D eigenvalue weighted by atomic mass is 10.0. The van der Waals surface area contributed by atoms with Gasteiger partial charge in [-0.15, -0.1) is 0 Å². The molecule has 0 spiro atoms. The van der Waals surface area contributed by atoms with E-state index in [9.17, 15) is 4.21 Å². The molecule has 1 fully saturated rings. The molecule has 2 rings (SSSR count). The first-order chi connectivity index (χ1) is 6.27. The summed E-state index contributed by atoms with van der Waals surface area (Å²) in [6.45, 7) is 0. The second-order valence-electron chi connectivity index (χ2n) is 3.17. The molecule has 0 saturated heterocycles. The zero-order valence-electron chi connectivity index (χ0n) is 7.07. The van der Waals surface area contributed by atoms with Gasteiger partial charge in [-0.25, -0.2) is 4.98 Å². The van der Waals surface area contributed by atoms with Crippen LogP contribution in [0.1, 0.15) is 19.3 Å². The summed E-state index contributed by atoms with van der Waals surface area (Å²) in [4.78, 5) is 4.71. The van der Waals surface area contributed by atoms with Gasteiger partial charge in [-0.1, -0.05) is 18.0 Å². The highest BCUT2D eigenvalue weighted by molar-refractivity contribution is 7.85. The molecular weight excluding hydrogens is 206 g/mol. The number of rotatable bonds is 2. The van der Waals surface area contributed by atoms with Gasteiger partial charge in [0.1, 0.15) is 5.15 Å². The summed E-state index contributed by atoms with van der Waals surface area (Å²) in [6.07, 6.45) is 4.97. The molecule has 1 atom stereocenters. The predicted molar refractivity (Wildman–Crippen MR) is 53.3 cm³/mol. The van der Waals surface area contributed by atoms with Crippen LogP contribution in [0.15, 0.2) is 23.2 Å². The molecule has 0 bridgehead atoms. The maximum Gasteiger partial charge on any atom is 0.129 e. The minimum Gasteiger partial charge on any atom is -0.254 e. The van der Waals surface area contributed by atoms with Crippen molar-refractivity contribution in [3.63, 3.8) is 0 Å². The van der Waals surface area contributed by atoms with Crippen molar-refractivity contribution < 1.29 is 4.21 Å². The van der Waals surface area contributed by atoms with E-state index >= 15 is 0 Å². The number of aromatic nitrogens is 1. The molecular formula is C9H10ClNOS. The molecule has 2 nitrogen and oxygen atoms in total. The highest BCUT2D eigenvalue weighted by Crippen LogP contribution is 2.27. The first-order valence-electron chi connectivity index (χ1n) is 4.29. The molecule has 0 aromatic carbocycles. The van der Waals surface area contributed by atoms with Crippen LogP contribution in [0.25, 0.3) is 0 Å². The van der Waals surface area contributed by atoms with E-state index in [1.807, 2.05) is 0 Å². The molecule has 0 aliphatic heterocycles. The van der Waals surface area contributed by atoms with Crippen molar-refractivity contribution in [2.24, 2.45) is 0 Å². The number of hydrogen-bond donors (Lipinski definition) is 0. The van der Waals surface area contributed by atoms with Crippen LogP contribution in [0.2, 0.25) is 5.15 Å². The zero-order chi connectivity index (χ0) is 9.26. The molecule has 13 heavy (non-hydrogen) atoms. The highest BCUT2D eigenvalue weighted by atomic mass is 35.5. The fraction of sp³-hybridized carbons (Fsp3) is 0.444. The molecule has 1 unspecified atom stereocenters. The van der Waals surface area contributed by atoms with Crippen molar-refractivity contribution in [3.05, 3.63) is 23.5 Å². The van der Waals surface area contributed by atoms with Gasteiger partial charge in [-0.2, -0.15) is 0 Å². The summed E-state index contributed by atoms with van der Waals surface area (Å²) in [5.41, 5.74) is 0. The lowest BCUT2D eigenvalue weighted by molar-refractivity contribution is 0.504. The quantitative estimate of drug-likeness (QED) is 0.710. The van der Waals surface area contributed by atoms with Crippen LogP contribution in [0.3, 0.4) is 0 Å². The smallest absolute Gasteiger partial charge is 0.129 e. The van der Waals surface area contributed by atoms with Gasteiger partial charge in [-0.3, -0.25) is 4.21 Å². The molecule has 1 aliphatic rings. The number of nitrogens with zero attached hydrogens (tertiary/aromatic N) is 1. The fourth-order valence-electron chi connectivity index (χ4n) is 1.26. The summed E-state index contributed by atoms with van der Waals surface area (Å²) in [5.74, 6) is 0. The Bertz CT molecular complexity index is 321. The van der Waals surface area contributed by atoms with Crippen molar-refractivity contribution in [2.75, 3.05) is 0 Å². The summed E-state index contributed by atoms with van der Waals surface area (Å²) < 4.78 is 11.8. The van der Waals surface area contributed by atoms with Gasteiger partial charge in [0.15, 0.2) is 0 Å². The Balaban J connectivity index is 2.15. The molecule has 70 valence electrons. The van der Waals surface area contributed by atoms with Gasteiger partial charge < -0.3 is 0 Å². The van der Waals surface area contributed by atoms with Crippen molar-refractivity contribution in [3.8, 4) is 0 Å². The second-order valence-corrected chi connectivity index (χ2v) is 5.29. The van der Waals surface area contributed by atoms with Crippen molar-refractivity contribution >= 4 is 22.4 Å². The summed E-state index contributed by atoms with van der Waals surface area (Å²) >= 11 is 5.63. The third-order valence-corrected chi connectivity index (χ3v) is 4.29. The Morgan fingerprint density at radius 2 is 2.23 bits per heavy atom. The predicted octanol–water partition coefficient (Wildman–Crippen LogP) is 2.40. The van der Waals surface area contributed by atoms with Crippen LogP contribution in [0, 0.1) is 0 Å². The van der Waals surface area contributed by atoms with Crippen LogP contribution in [-0.4, -0.2) is 14.4 Å². The van der Waals surface area contributed by atoms with Gasteiger partial charge >= 0.3 is 0 Å². The van der Waals surface area contributed by atoms with Gasteiger partial charge in [0.2, 0.25) is 0 Å². The second kappa shape index (κ2) is 3.76. The Kier molecular flexibility index (Phi) is 2.65. The number of pyridine rings is 1. The molecule has 0 amide bonds. The molecule has 1 saturated carbocycles. The van der Waals surface area contributed by atoms with Gasteiger partial charge in [0, 0.05) is 11.4 Å². The first kappa shape index (κ1) is 9.16. The minimum atomic E-state index is -0.871. The molecule has 1 heterocycles. The topological polar surface area (TPSA) is 30.0 Å². The van der Waals surface area contributed by atoms with E-state index in [4.69, 9.17) is 11.6 Å². The van der Waals surface area contributed by atoms with E-state index in [0.717, 1.165) is 17.7 Å². The Morgan fingerprint density at radius 1 is 1.46 bits per heavy atom. The first-order valence-corrected chi connectivity index (χ1v) is 5.88. The Labute approximate surface area is 84.8 Å². The fourth-order valence-corrected chi connectivity index (χ4v) is 2.88. The molecule has 0 radical (unpaired) electrons. The third-order valence-electron chi connectivity index (χ3n) is 2.29. The summed E-state index contributed by atoms with van der Waals surface area (Å²) in [6, 6.07) is 3.48. The third kappa shape index (κ3) is 1.92. The van der Waals surface area contributed by atoms with E-state index in [1.54, 1.807) is 18.3 Å². The number of halogens is 1. The largest absolute Gasteiger partial charge is 0.254 e. The van der Waals surface area contributed by atoms with Crippen molar-refractivity contribution in [1.29, 1.82) is 0 Å². The lowest BCUT2D eigenvalue weighted by Crippen LogP contribution is -2.23. The average molecular weight is 216 g/mol. The van der Waals surface area contributed by atoms with E-state index in [0.29, 0.717) is 10.4 Å². The maximum atomic E-state index is 11.8. The average Bonchev–Trinajstić information content (AvgIpc) is 2.02. The van der Waals surface area contributed by atoms with Crippen LogP contribution in [0.4, 0.5) is 0 Å². The normalized spacial score (nSPS) is 19.5. The SMILES string of the molecule is O=S(c1ccc(Cl)nc1)C1CCC1. The highest BCUT2D eigenvalue weighted by Gasteiger charge is 2.24. The minimum absolute atomic E-state index is 0.350. The monoisotopic (exact) mass is 215 g/mol. The Morgan fingerprint density at radius 3 is 2.69 bits per heavy atom. The van der Waals surface area contributed by atoms with Crippen molar-refractivity contribution in [2.45, 2.75) is 29.4 Å².